The maximum absolute atomic E-state index is 12.3. The van der Waals surface area contributed by atoms with Crippen molar-refractivity contribution in [3.05, 3.63) is 87.4 Å². The van der Waals surface area contributed by atoms with Gasteiger partial charge in [-0.3, -0.25) is 9.78 Å². The van der Waals surface area contributed by atoms with Crippen molar-refractivity contribution in [3.63, 3.8) is 0 Å². The second-order valence-electron chi connectivity index (χ2n) is 5.37. The highest BCUT2D eigenvalue weighted by Crippen LogP contribution is 2.23. The molecule has 3 rings (SSSR count). The highest BCUT2D eigenvalue weighted by Gasteiger charge is 2.12. The molecule has 1 amide bonds. The van der Waals surface area contributed by atoms with Crippen LogP contribution in [0.15, 0.2) is 70.6 Å². The van der Waals surface area contributed by atoms with Gasteiger partial charge in [0, 0.05) is 27.5 Å². The second-order valence-corrected chi connectivity index (χ2v) is 6.72. The highest BCUT2D eigenvalue weighted by atomic mass is 79.9. The molecule has 28 heavy (non-hydrogen) atoms. The molecule has 2 aromatic carbocycles. The zero-order chi connectivity index (χ0) is 19.9. The van der Waals surface area contributed by atoms with Gasteiger partial charge < -0.3 is 4.74 Å². The minimum absolute atomic E-state index is 0.128. The molecule has 0 spiro atoms. The van der Waals surface area contributed by atoms with Crippen molar-refractivity contribution in [2.75, 3.05) is 0 Å². The normalized spacial score (nSPS) is 10.6. The van der Waals surface area contributed by atoms with Gasteiger partial charge in [0.25, 0.3) is 5.91 Å². The van der Waals surface area contributed by atoms with Crippen LogP contribution < -0.4 is 10.2 Å². The Kier molecular flexibility index (Phi) is 6.46. The maximum atomic E-state index is 12.3. The van der Waals surface area contributed by atoms with Crippen LogP contribution in [0.4, 0.5) is 0 Å². The molecule has 0 saturated heterocycles. The Bertz CT molecular complexity index is 1030. The van der Waals surface area contributed by atoms with Gasteiger partial charge in [0.05, 0.1) is 18.0 Å². The van der Waals surface area contributed by atoms with Crippen LogP contribution in [-0.2, 0) is 0 Å². The van der Waals surface area contributed by atoms with Crippen LogP contribution in [0.5, 0.6) is 5.75 Å². The van der Waals surface area contributed by atoms with Gasteiger partial charge in [0.15, 0.2) is 0 Å². The van der Waals surface area contributed by atoms with Gasteiger partial charge in [-0.05, 0) is 42.5 Å². The number of benzene rings is 2. The van der Waals surface area contributed by atoms with E-state index < -0.39 is 11.9 Å². The van der Waals surface area contributed by atoms with Crippen molar-refractivity contribution < 1.29 is 14.3 Å². The summed E-state index contributed by atoms with van der Waals surface area (Å²) in [6, 6.07) is 11.4. The molecule has 140 valence electrons. The molecule has 1 aromatic heterocycles. The number of aromatic nitrogens is 2. The van der Waals surface area contributed by atoms with Crippen LogP contribution in [0.1, 0.15) is 26.4 Å². The molecule has 1 N–H and O–H groups in total. The number of nitrogens with zero attached hydrogens (tertiary/aromatic N) is 3. The third kappa shape index (κ3) is 5.21. The molecular weight excluding hydrogens is 448 g/mol. The number of halogens is 2. The molecule has 0 radical (unpaired) electrons. The molecule has 0 bridgehead atoms. The summed E-state index contributed by atoms with van der Waals surface area (Å²) in [6.07, 6.45) is 5.55. The van der Waals surface area contributed by atoms with E-state index in [1.807, 2.05) is 0 Å². The van der Waals surface area contributed by atoms with Gasteiger partial charge in [0.2, 0.25) is 0 Å². The Hall–Kier alpha value is -3.10. The number of carbonyl (C=O) groups excluding carboxylic acids is 2. The SMILES string of the molecule is O=C(Oc1ccc(Br)cc1/C=N\NC(=O)c1cnccn1)c1ccc(Cl)cc1. The molecule has 0 atom stereocenters. The van der Waals surface area contributed by atoms with Crippen LogP contribution >= 0.6 is 27.5 Å². The highest BCUT2D eigenvalue weighted by molar-refractivity contribution is 9.10. The summed E-state index contributed by atoms with van der Waals surface area (Å²) in [7, 11) is 0. The number of hydrazone groups is 1. The van der Waals surface area contributed by atoms with Gasteiger partial charge in [-0.2, -0.15) is 5.10 Å². The number of rotatable bonds is 5. The van der Waals surface area contributed by atoms with E-state index in [1.165, 1.54) is 24.8 Å². The molecular formula is C19H12BrClN4O3. The van der Waals surface area contributed by atoms with Crippen LogP contribution in [0.25, 0.3) is 0 Å². The molecule has 0 aliphatic heterocycles. The summed E-state index contributed by atoms with van der Waals surface area (Å²) in [6.45, 7) is 0. The van der Waals surface area contributed by atoms with Crippen molar-refractivity contribution in [3.8, 4) is 5.75 Å². The number of ether oxygens (including phenoxy) is 1. The standard InChI is InChI=1S/C19H12BrClN4O3/c20-14-3-6-17(28-19(27)12-1-4-15(21)5-2-12)13(9-14)10-24-25-18(26)16-11-22-7-8-23-16/h1-11H,(H,25,26)/b24-10-. The summed E-state index contributed by atoms with van der Waals surface area (Å²) in [5, 5.41) is 4.41. The van der Waals surface area contributed by atoms with Crippen LogP contribution in [0.3, 0.4) is 0 Å². The molecule has 7 nitrogen and oxygen atoms in total. The lowest BCUT2D eigenvalue weighted by atomic mass is 10.2. The fraction of sp³-hybridized carbons (Fsp3) is 0. The van der Waals surface area contributed by atoms with Gasteiger partial charge in [-0.25, -0.2) is 15.2 Å². The lowest BCUT2D eigenvalue weighted by Crippen LogP contribution is -2.19. The van der Waals surface area contributed by atoms with Gasteiger partial charge >= 0.3 is 5.97 Å². The molecule has 0 aliphatic carbocycles. The summed E-state index contributed by atoms with van der Waals surface area (Å²) in [4.78, 5) is 32.0. The number of carbonyl (C=O) groups is 2. The topological polar surface area (TPSA) is 93.5 Å². The van der Waals surface area contributed by atoms with Crippen molar-refractivity contribution in [2.24, 2.45) is 5.10 Å². The Balaban J connectivity index is 1.74. The minimum Gasteiger partial charge on any atom is -0.422 e. The van der Waals surface area contributed by atoms with Crippen LogP contribution in [0.2, 0.25) is 5.02 Å². The van der Waals surface area contributed by atoms with E-state index in [0.717, 1.165) is 4.47 Å². The smallest absolute Gasteiger partial charge is 0.343 e. The van der Waals surface area contributed by atoms with Crippen LogP contribution in [0, 0.1) is 0 Å². The molecule has 0 saturated carbocycles. The molecule has 0 aliphatic rings. The zero-order valence-corrected chi connectivity index (χ0v) is 16.5. The quantitative estimate of drug-likeness (QED) is 0.270. The monoisotopic (exact) mass is 458 g/mol. The minimum atomic E-state index is -0.544. The molecule has 9 heteroatoms. The lowest BCUT2D eigenvalue weighted by molar-refractivity contribution is 0.0734. The Morgan fingerprint density at radius 2 is 1.93 bits per heavy atom. The molecule has 0 fully saturated rings. The van der Waals surface area contributed by atoms with Crippen molar-refractivity contribution in [1.82, 2.24) is 15.4 Å². The molecule has 3 aromatic rings. The summed E-state index contributed by atoms with van der Waals surface area (Å²) in [5.41, 5.74) is 3.31. The van der Waals surface area contributed by atoms with E-state index in [0.29, 0.717) is 16.1 Å². The summed E-state index contributed by atoms with van der Waals surface area (Å²) < 4.78 is 6.19. The third-order valence-corrected chi connectivity index (χ3v) is 4.17. The first-order valence-corrected chi connectivity index (χ1v) is 9.07. The fourth-order valence-corrected chi connectivity index (χ4v) is 2.60. The van der Waals surface area contributed by atoms with Crippen LogP contribution in [-0.4, -0.2) is 28.1 Å². The maximum Gasteiger partial charge on any atom is 0.343 e. The summed E-state index contributed by atoms with van der Waals surface area (Å²) in [5.74, 6) is -0.781. The van der Waals surface area contributed by atoms with E-state index in [4.69, 9.17) is 16.3 Å². The van der Waals surface area contributed by atoms with Gasteiger partial charge in [-0.15, -0.1) is 0 Å². The predicted octanol–water partition coefficient (Wildman–Crippen LogP) is 3.88. The largest absolute Gasteiger partial charge is 0.422 e. The number of hydrogen-bond donors (Lipinski definition) is 1. The number of hydrogen-bond acceptors (Lipinski definition) is 6. The van der Waals surface area contributed by atoms with Crippen molar-refractivity contribution in [2.45, 2.75) is 0 Å². The van der Waals surface area contributed by atoms with Crippen molar-refractivity contribution in [1.29, 1.82) is 0 Å². The van der Waals surface area contributed by atoms with Crippen molar-refractivity contribution >= 4 is 45.6 Å². The Morgan fingerprint density at radius 1 is 1.14 bits per heavy atom. The second kappa shape index (κ2) is 9.20. The first-order valence-electron chi connectivity index (χ1n) is 7.89. The molecule has 0 unspecified atom stereocenters. The first kappa shape index (κ1) is 19.7. The average molecular weight is 460 g/mol. The van der Waals surface area contributed by atoms with E-state index in [9.17, 15) is 9.59 Å². The predicted molar refractivity (Wildman–Crippen MR) is 108 cm³/mol. The van der Waals surface area contributed by atoms with E-state index in [1.54, 1.807) is 42.5 Å². The first-order chi connectivity index (χ1) is 13.5. The van der Waals surface area contributed by atoms with Gasteiger partial charge in [0.1, 0.15) is 11.4 Å². The number of amides is 1. The Labute approximate surface area is 173 Å². The third-order valence-electron chi connectivity index (χ3n) is 3.42. The van der Waals surface area contributed by atoms with E-state index in [-0.39, 0.29) is 11.4 Å². The zero-order valence-electron chi connectivity index (χ0n) is 14.2. The number of nitrogens with one attached hydrogen (secondary N) is 1. The fourth-order valence-electron chi connectivity index (χ4n) is 2.09. The Morgan fingerprint density at radius 3 is 2.64 bits per heavy atom. The van der Waals surface area contributed by atoms with Gasteiger partial charge in [-0.1, -0.05) is 27.5 Å². The molecule has 1 heterocycles. The number of esters is 1. The summed E-state index contributed by atoms with van der Waals surface area (Å²) >= 11 is 9.18. The van der Waals surface area contributed by atoms with E-state index >= 15 is 0 Å². The van der Waals surface area contributed by atoms with E-state index in [2.05, 4.69) is 36.4 Å². The lowest BCUT2D eigenvalue weighted by Gasteiger charge is -2.08. The average Bonchev–Trinajstić information content (AvgIpc) is 2.71.